The summed E-state index contributed by atoms with van der Waals surface area (Å²) in [7, 11) is 0. The van der Waals surface area contributed by atoms with Crippen LogP contribution in [0.2, 0.25) is 0 Å². The van der Waals surface area contributed by atoms with Crippen molar-refractivity contribution in [1.82, 2.24) is 5.16 Å². The Bertz CT molecular complexity index is 977. The molecule has 2 N–H and O–H groups in total. The Morgan fingerprint density at radius 3 is 2.18 bits per heavy atom. The number of ether oxygens (including phenoxy) is 1. The smallest absolute Gasteiger partial charge is 0.256 e. The van der Waals surface area contributed by atoms with E-state index in [2.05, 4.69) is 15.8 Å². The van der Waals surface area contributed by atoms with Gasteiger partial charge in [0, 0.05) is 22.9 Å². The van der Waals surface area contributed by atoms with Crippen molar-refractivity contribution in [2.75, 3.05) is 10.6 Å². The van der Waals surface area contributed by atoms with E-state index in [-0.39, 0.29) is 17.9 Å². The number of amides is 2. The minimum absolute atomic E-state index is 0.0792. The quantitative estimate of drug-likeness (QED) is 0.667. The SMILES string of the molecule is Cc1cc(NC(=O)c2cccc(C(=O)Nc3ccc(OC(C)C)cc3)c2)no1. The van der Waals surface area contributed by atoms with Crippen LogP contribution in [0.5, 0.6) is 5.75 Å². The minimum atomic E-state index is -0.377. The number of anilines is 2. The summed E-state index contributed by atoms with van der Waals surface area (Å²) in [6.07, 6.45) is 0.0792. The number of benzene rings is 2. The average Bonchev–Trinajstić information content (AvgIpc) is 3.07. The lowest BCUT2D eigenvalue weighted by molar-refractivity contribution is 0.102. The summed E-state index contributed by atoms with van der Waals surface area (Å²) in [5, 5.41) is 9.15. The molecule has 7 nitrogen and oxygen atoms in total. The van der Waals surface area contributed by atoms with Crippen molar-refractivity contribution in [3.8, 4) is 5.75 Å². The Morgan fingerprint density at radius 1 is 0.964 bits per heavy atom. The summed E-state index contributed by atoms with van der Waals surface area (Å²) in [5.41, 5.74) is 1.34. The van der Waals surface area contributed by atoms with E-state index >= 15 is 0 Å². The molecule has 2 amide bonds. The predicted molar refractivity (Wildman–Crippen MR) is 106 cm³/mol. The van der Waals surface area contributed by atoms with Gasteiger partial charge in [-0.2, -0.15) is 0 Å². The van der Waals surface area contributed by atoms with Crippen LogP contribution >= 0.6 is 0 Å². The summed E-state index contributed by atoms with van der Waals surface area (Å²) < 4.78 is 10.5. The van der Waals surface area contributed by atoms with Crippen LogP contribution in [-0.4, -0.2) is 23.1 Å². The van der Waals surface area contributed by atoms with Crippen LogP contribution in [0.4, 0.5) is 11.5 Å². The number of hydrogen-bond acceptors (Lipinski definition) is 5. The van der Waals surface area contributed by atoms with E-state index in [0.29, 0.717) is 28.4 Å². The van der Waals surface area contributed by atoms with E-state index in [0.717, 1.165) is 5.75 Å². The lowest BCUT2D eigenvalue weighted by atomic mass is 10.1. The van der Waals surface area contributed by atoms with Crippen LogP contribution in [0, 0.1) is 6.92 Å². The summed E-state index contributed by atoms with van der Waals surface area (Å²) in [6, 6.07) is 15.2. The molecule has 0 aliphatic carbocycles. The predicted octanol–water partition coefficient (Wildman–Crippen LogP) is 4.27. The van der Waals surface area contributed by atoms with E-state index < -0.39 is 0 Å². The van der Waals surface area contributed by atoms with Crippen molar-refractivity contribution in [2.24, 2.45) is 0 Å². The van der Waals surface area contributed by atoms with E-state index in [1.807, 2.05) is 13.8 Å². The molecule has 0 spiro atoms. The number of carbonyl (C=O) groups excluding carboxylic acids is 2. The third-order valence-electron chi connectivity index (χ3n) is 3.74. The molecule has 0 bridgehead atoms. The lowest BCUT2D eigenvalue weighted by Crippen LogP contribution is -2.15. The second kappa shape index (κ2) is 8.39. The fraction of sp³-hybridized carbons (Fsp3) is 0.190. The van der Waals surface area contributed by atoms with Crippen molar-refractivity contribution in [1.29, 1.82) is 0 Å². The van der Waals surface area contributed by atoms with Gasteiger partial charge in [0.05, 0.1) is 6.10 Å². The van der Waals surface area contributed by atoms with Crippen LogP contribution in [0.1, 0.15) is 40.3 Å². The Hall–Kier alpha value is -3.61. The Labute approximate surface area is 162 Å². The maximum Gasteiger partial charge on any atom is 0.256 e. The van der Waals surface area contributed by atoms with Gasteiger partial charge in [0.25, 0.3) is 11.8 Å². The second-order valence-electron chi connectivity index (χ2n) is 6.50. The highest BCUT2D eigenvalue weighted by molar-refractivity contribution is 6.08. The molecule has 1 aromatic heterocycles. The molecule has 3 aromatic rings. The van der Waals surface area contributed by atoms with Crippen LogP contribution in [0.3, 0.4) is 0 Å². The van der Waals surface area contributed by atoms with Gasteiger partial charge in [0.1, 0.15) is 11.5 Å². The number of carbonyl (C=O) groups is 2. The summed E-state index contributed by atoms with van der Waals surface area (Å²) in [4.78, 5) is 24.9. The molecule has 0 saturated heterocycles. The van der Waals surface area contributed by atoms with Crippen LogP contribution in [-0.2, 0) is 0 Å². The van der Waals surface area contributed by atoms with Crippen molar-refractivity contribution in [3.05, 3.63) is 71.5 Å². The molecular formula is C21H21N3O4. The fourth-order valence-electron chi connectivity index (χ4n) is 2.51. The van der Waals surface area contributed by atoms with E-state index in [4.69, 9.17) is 9.26 Å². The van der Waals surface area contributed by atoms with Gasteiger partial charge < -0.3 is 19.9 Å². The van der Waals surface area contributed by atoms with Gasteiger partial charge in [-0.3, -0.25) is 9.59 Å². The van der Waals surface area contributed by atoms with Gasteiger partial charge in [-0.15, -0.1) is 0 Å². The number of aromatic nitrogens is 1. The van der Waals surface area contributed by atoms with Crippen LogP contribution < -0.4 is 15.4 Å². The number of nitrogens with zero attached hydrogens (tertiary/aromatic N) is 1. The highest BCUT2D eigenvalue weighted by Gasteiger charge is 2.12. The number of aryl methyl sites for hydroxylation is 1. The maximum absolute atomic E-state index is 12.5. The number of nitrogens with one attached hydrogen (secondary N) is 2. The first-order valence-corrected chi connectivity index (χ1v) is 8.83. The first-order chi connectivity index (χ1) is 13.4. The first-order valence-electron chi connectivity index (χ1n) is 8.83. The molecule has 0 aliphatic heterocycles. The van der Waals surface area contributed by atoms with Crippen molar-refractivity contribution >= 4 is 23.3 Å². The molecule has 28 heavy (non-hydrogen) atoms. The normalized spacial score (nSPS) is 10.6. The zero-order valence-electron chi connectivity index (χ0n) is 15.9. The topological polar surface area (TPSA) is 93.5 Å². The van der Waals surface area contributed by atoms with E-state index in [1.54, 1.807) is 55.5 Å². The average molecular weight is 379 g/mol. The van der Waals surface area contributed by atoms with Crippen molar-refractivity contribution < 1.29 is 18.8 Å². The standard InChI is InChI=1S/C21H21N3O4/c1-13(2)27-18-9-7-17(8-10-18)22-20(25)15-5-4-6-16(12-15)21(26)23-19-11-14(3)28-24-19/h4-13H,1-3H3,(H,22,25)(H,23,24,26). The van der Waals surface area contributed by atoms with Gasteiger partial charge in [-0.1, -0.05) is 11.2 Å². The van der Waals surface area contributed by atoms with Gasteiger partial charge in [-0.05, 0) is 63.2 Å². The Kier molecular flexibility index (Phi) is 5.74. The van der Waals surface area contributed by atoms with Crippen LogP contribution in [0.15, 0.2) is 59.1 Å². The molecule has 0 atom stereocenters. The van der Waals surface area contributed by atoms with Gasteiger partial charge in [-0.25, -0.2) is 0 Å². The number of hydrogen-bond donors (Lipinski definition) is 2. The van der Waals surface area contributed by atoms with Gasteiger partial charge >= 0.3 is 0 Å². The summed E-state index contributed by atoms with van der Waals surface area (Å²) in [6.45, 7) is 5.63. The lowest BCUT2D eigenvalue weighted by Gasteiger charge is -2.11. The summed E-state index contributed by atoms with van der Waals surface area (Å²) >= 11 is 0. The molecule has 144 valence electrons. The maximum atomic E-state index is 12.5. The molecule has 0 saturated carbocycles. The second-order valence-corrected chi connectivity index (χ2v) is 6.50. The molecular weight excluding hydrogens is 358 g/mol. The zero-order valence-corrected chi connectivity index (χ0v) is 15.9. The van der Waals surface area contributed by atoms with Gasteiger partial charge in [0.15, 0.2) is 5.82 Å². The van der Waals surface area contributed by atoms with E-state index in [1.165, 1.54) is 6.07 Å². The first kappa shape index (κ1) is 19.2. The highest BCUT2D eigenvalue weighted by atomic mass is 16.5. The minimum Gasteiger partial charge on any atom is -0.491 e. The van der Waals surface area contributed by atoms with E-state index in [9.17, 15) is 9.59 Å². The van der Waals surface area contributed by atoms with Crippen molar-refractivity contribution in [2.45, 2.75) is 26.9 Å². The molecule has 0 fully saturated rings. The van der Waals surface area contributed by atoms with Crippen molar-refractivity contribution in [3.63, 3.8) is 0 Å². The molecule has 0 radical (unpaired) electrons. The van der Waals surface area contributed by atoms with Crippen LogP contribution in [0.25, 0.3) is 0 Å². The Balaban J connectivity index is 1.67. The third kappa shape index (κ3) is 4.97. The zero-order chi connectivity index (χ0) is 20.1. The third-order valence-corrected chi connectivity index (χ3v) is 3.74. The highest BCUT2D eigenvalue weighted by Crippen LogP contribution is 2.18. The molecule has 2 aromatic carbocycles. The molecule has 0 unspecified atom stereocenters. The molecule has 0 aliphatic rings. The monoisotopic (exact) mass is 379 g/mol. The fourth-order valence-corrected chi connectivity index (χ4v) is 2.51. The molecule has 1 heterocycles. The van der Waals surface area contributed by atoms with Gasteiger partial charge in [0.2, 0.25) is 0 Å². The molecule has 3 rings (SSSR count). The summed E-state index contributed by atoms with van der Waals surface area (Å²) in [5.74, 6) is 0.951. The Morgan fingerprint density at radius 2 is 1.61 bits per heavy atom. The largest absolute Gasteiger partial charge is 0.491 e. The molecule has 7 heteroatoms. The number of rotatable bonds is 6.